The number of carbonyl (C=O) groups is 1. The van der Waals surface area contributed by atoms with E-state index in [-0.39, 0.29) is 5.92 Å². The Kier molecular flexibility index (Phi) is 4.65. The minimum absolute atomic E-state index is 0.240. The standard InChI is InChI=1S/C17H30N2O/c18-12-14-8-4-9-15(14)17(20)19-11-5-10-16(19)13-6-2-1-3-7-13/h13-16H,1-12,18H2. The van der Waals surface area contributed by atoms with Gasteiger partial charge in [-0.1, -0.05) is 25.7 Å². The Morgan fingerprint density at radius 2 is 1.75 bits per heavy atom. The third-order valence-corrected chi connectivity index (χ3v) is 6.06. The molecule has 0 aromatic carbocycles. The highest BCUT2D eigenvalue weighted by molar-refractivity contribution is 5.80. The second kappa shape index (κ2) is 6.46. The van der Waals surface area contributed by atoms with Gasteiger partial charge in [0.1, 0.15) is 0 Å². The van der Waals surface area contributed by atoms with Gasteiger partial charge >= 0.3 is 0 Å². The molecule has 1 saturated heterocycles. The smallest absolute Gasteiger partial charge is 0.226 e. The van der Waals surface area contributed by atoms with Crippen molar-refractivity contribution in [2.24, 2.45) is 23.5 Å². The molecule has 2 aliphatic carbocycles. The predicted octanol–water partition coefficient (Wildman–Crippen LogP) is 2.93. The Labute approximate surface area is 123 Å². The molecule has 3 aliphatic rings. The first-order valence-corrected chi connectivity index (χ1v) is 8.82. The molecule has 0 aromatic rings. The zero-order chi connectivity index (χ0) is 13.9. The van der Waals surface area contributed by atoms with Crippen LogP contribution in [0.15, 0.2) is 0 Å². The van der Waals surface area contributed by atoms with Crippen LogP contribution in [0, 0.1) is 17.8 Å². The van der Waals surface area contributed by atoms with Gasteiger partial charge in [-0.25, -0.2) is 0 Å². The molecule has 3 nitrogen and oxygen atoms in total. The first-order valence-electron chi connectivity index (χ1n) is 8.82. The Bertz CT molecular complexity index is 338. The van der Waals surface area contributed by atoms with Gasteiger partial charge < -0.3 is 10.6 Å². The maximum atomic E-state index is 12.9. The van der Waals surface area contributed by atoms with Crippen molar-refractivity contribution in [2.45, 2.75) is 70.3 Å². The van der Waals surface area contributed by atoms with E-state index in [0.717, 1.165) is 25.3 Å². The van der Waals surface area contributed by atoms with Crippen molar-refractivity contribution in [3.05, 3.63) is 0 Å². The summed E-state index contributed by atoms with van der Waals surface area (Å²) in [6.45, 7) is 1.70. The zero-order valence-corrected chi connectivity index (χ0v) is 12.7. The molecular formula is C17H30N2O. The third-order valence-electron chi connectivity index (χ3n) is 6.06. The monoisotopic (exact) mass is 278 g/mol. The van der Waals surface area contributed by atoms with Gasteiger partial charge in [-0.15, -0.1) is 0 Å². The van der Waals surface area contributed by atoms with Crippen molar-refractivity contribution < 1.29 is 4.79 Å². The molecule has 3 unspecified atom stereocenters. The lowest BCUT2D eigenvalue weighted by atomic mass is 9.82. The summed E-state index contributed by atoms with van der Waals surface area (Å²) >= 11 is 0. The summed E-state index contributed by atoms with van der Waals surface area (Å²) in [5, 5.41) is 0. The van der Waals surface area contributed by atoms with Gasteiger partial charge in [0.05, 0.1) is 0 Å². The predicted molar refractivity (Wildman–Crippen MR) is 81.2 cm³/mol. The number of nitrogens with zero attached hydrogens (tertiary/aromatic N) is 1. The highest BCUT2D eigenvalue weighted by atomic mass is 16.2. The maximum absolute atomic E-state index is 12.9. The molecule has 3 atom stereocenters. The minimum Gasteiger partial charge on any atom is -0.339 e. The van der Waals surface area contributed by atoms with Gasteiger partial charge in [0.25, 0.3) is 0 Å². The van der Waals surface area contributed by atoms with Gasteiger partial charge in [0.2, 0.25) is 5.91 Å². The van der Waals surface area contributed by atoms with Crippen molar-refractivity contribution in [2.75, 3.05) is 13.1 Å². The summed E-state index contributed by atoms with van der Waals surface area (Å²) in [6, 6.07) is 0.557. The number of likely N-dealkylation sites (tertiary alicyclic amines) is 1. The summed E-state index contributed by atoms with van der Waals surface area (Å²) in [6.07, 6.45) is 12.7. The summed E-state index contributed by atoms with van der Waals surface area (Å²) in [7, 11) is 0. The topological polar surface area (TPSA) is 46.3 Å². The van der Waals surface area contributed by atoms with Crippen molar-refractivity contribution >= 4 is 5.91 Å². The molecule has 1 aliphatic heterocycles. The average molecular weight is 278 g/mol. The lowest BCUT2D eigenvalue weighted by molar-refractivity contribution is -0.138. The molecule has 0 spiro atoms. The van der Waals surface area contributed by atoms with Gasteiger partial charge in [-0.2, -0.15) is 0 Å². The highest BCUT2D eigenvalue weighted by Gasteiger charge is 2.41. The summed E-state index contributed by atoms with van der Waals surface area (Å²) in [5.41, 5.74) is 5.87. The number of carbonyl (C=O) groups excluding carboxylic acids is 1. The maximum Gasteiger partial charge on any atom is 0.226 e. The number of rotatable bonds is 3. The number of amides is 1. The van der Waals surface area contributed by atoms with Crippen LogP contribution in [-0.4, -0.2) is 29.9 Å². The average Bonchev–Trinajstić information content (AvgIpc) is 3.16. The number of hydrogen-bond donors (Lipinski definition) is 1. The Hall–Kier alpha value is -0.570. The molecule has 114 valence electrons. The van der Waals surface area contributed by atoms with Crippen LogP contribution in [0.4, 0.5) is 0 Å². The van der Waals surface area contributed by atoms with Gasteiger partial charge in [-0.3, -0.25) is 4.79 Å². The lowest BCUT2D eigenvalue weighted by Crippen LogP contribution is -2.45. The molecule has 0 bridgehead atoms. The SMILES string of the molecule is NCC1CCCC1C(=O)N1CCCC1C1CCCCC1. The number of hydrogen-bond acceptors (Lipinski definition) is 2. The fraction of sp³-hybridized carbons (Fsp3) is 0.941. The van der Waals surface area contributed by atoms with Crippen LogP contribution in [-0.2, 0) is 4.79 Å². The highest BCUT2D eigenvalue weighted by Crippen LogP contribution is 2.38. The summed E-state index contributed by atoms with van der Waals surface area (Å²) in [5.74, 6) is 1.93. The summed E-state index contributed by atoms with van der Waals surface area (Å²) < 4.78 is 0. The molecular weight excluding hydrogens is 248 g/mol. The van der Waals surface area contributed by atoms with Crippen LogP contribution in [0.2, 0.25) is 0 Å². The van der Waals surface area contributed by atoms with Crippen LogP contribution in [0.5, 0.6) is 0 Å². The summed E-state index contributed by atoms with van der Waals surface area (Å²) in [4.78, 5) is 15.2. The molecule has 3 fully saturated rings. The molecule has 0 aromatic heterocycles. The Morgan fingerprint density at radius 3 is 2.50 bits per heavy atom. The van der Waals surface area contributed by atoms with Gasteiger partial charge in [0, 0.05) is 18.5 Å². The van der Waals surface area contributed by atoms with Gasteiger partial charge in [-0.05, 0) is 56.9 Å². The second-order valence-electron chi connectivity index (χ2n) is 7.17. The number of nitrogens with two attached hydrogens (primary N) is 1. The first kappa shape index (κ1) is 14.4. The van der Waals surface area contributed by atoms with Crippen LogP contribution in [0.3, 0.4) is 0 Å². The van der Waals surface area contributed by atoms with Crippen molar-refractivity contribution in [1.29, 1.82) is 0 Å². The molecule has 1 amide bonds. The Balaban J connectivity index is 1.66. The Morgan fingerprint density at radius 1 is 0.950 bits per heavy atom. The van der Waals surface area contributed by atoms with Crippen LogP contribution >= 0.6 is 0 Å². The van der Waals surface area contributed by atoms with Crippen LogP contribution in [0.25, 0.3) is 0 Å². The van der Waals surface area contributed by atoms with E-state index in [1.54, 1.807) is 0 Å². The molecule has 2 saturated carbocycles. The van der Waals surface area contributed by atoms with Crippen molar-refractivity contribution in [3.63, 3.8) is 0 Å². The fourth-order valence-corrected chi connectivity index (χ4v) is 4.93. The van der Waals surface area contributed by atoms with Crippen LogP contribution in [0.1, 0.15) is 64.2 Å². The molecule has 2 N–H and O–H groups in total. The first-order chi connectivity index (χ1) is 9.81. The lowest BCUT2D eigenvalue weighted by Gasteiger charge is -2.36. The van der Waals surface area contributed by atoms with E-state index in [1.165, 1.54) is 51.4 Å². The van der Waals surface area contributed by atoms with E-state index in [2.05, 4.69) is 4.90 Å². The normalized spacial score (nSPS) is 35.6. The van der Waals surface area contributed by atoms with E-state index >= 15 is 0 Å². The van der Waals surface area contributed by atoms with E-state index in [9.17, 15) is 4.79 Å². The van der Waals surface area contributed by atoms with Gasteiger partial charge in [0.15, 0.2) is 0 Å². The van der Waals surface area contributed by atoms with E-state index in [4.69, 9.17) is 5.73 Å². The molecule has 0 radical (unpaired) electrons. The minimum atomic E-state index is 0.240. The van der Waals surface area contributed by atoms with Crippen LogP contribution < -0.4 is 5.73 Å². The molecule has 3 rings (SSSR count). The van der Waals surface area contributed by atoms with E-state index in [0.29, 0.717) is 24.4 Å². The molecule has 1 heterocycles. The fourth-order valence-electron chi connectivity index (χ4n) is 4.93. The van der Waals surface area contributed by atoms with E-state index in [1.807, 2.05) is 0 Å². The molecule has 3 heteroatoms. The largest absolute Gasteiger partial charge is 0.339 e. The third kappa shape index (κ3) is 2.74. The van der Waals surface area contributed by atoms with Crippen molar-refractivity contribution in [1.82, 2.24) is 4.90 Å². The van der Waals surface area contributed by atoms with Crippen molar-refractivity contribution in [3.8, 4) is 0 Å². The van der Waals surface area contributed by atoms with E-state index < -0.39 is 0 Å². The molecule has 20 heavy (non-hydrogen) atoms. The second-order valence-corrected chi connectivity index (χ2v) is 7.17. The zero-order valence-electron chi connectivity index (χ0n) is 12.7. The quantitative estimate of drug-likeness (QED) is 0.863.